The minimum atomic E-state index is -2.45. The third-order valence-corrected chi connectivity index (χ3v) is 3.15. The van der Waals surface area contributed by atoms with Crippen molar-refractivity contribution in [2.45, 2.75) is 31.9 Å². The van der Waals surface area contributed by atoms with Gasteiger partial charge in [0.1, 0.15) is 12.4 Å². The van der Waals surface area contributed by atoms with Crippen molar-refractivity contribution in [2.24, 2.45) is 0 Å². The molecule has 2 rings (SSSR count). The second kappa shape index (κ2) is 5.78. The van der Waals surface area contributed by atoms with Crippen molar-refractivity contribution >= 4 is 15.9 Å². The lowest BCUT2D eigenvalue weighted by atomic mass is 10.2. The van der Waals surface area contributed by atoms with Crippen LogP contribution >= 0.6 is 15.9 Å². The molecule has 1 aromatic rings. The molecular weight excluding hydrogens is 292 g/mol. The van der Waals surface area contributed by atoms with Crippen LogP contribution in [0.3, 0.4) is 0 Å². The van der Waals surface area contributed by atoms with E-state index >= 15 is 0 Å². The summed E-state index contributed by atoms with van der Waals surface area (Å²) in [4.78, 5) is 0. The van der Waals surface area contributed by atoms with Crippen molar-refractivity contribution in [2.75, 3.05) is 6.61 Å². The molecule has 0 unspecified atom stereocenters. The summed E-state index contributed by atoms with van der Waals surface area (Å²) < 4.78 is 29.7. The van der Waals surface area contributed by atoms with Crippen LogP contribution in [0.5, 0.6) is 5.75 Å². The number of hydrogen-bond acceptors (Lipinski definition) is 2. The van der Waals surface area contributed by atoms with Gasteiger partial charge in [-0.25, -0.2) is 8.78 Å². The Kier molecular flexibility index (Phi) is 4.34. The summed E-state index contributed by atoms with van der Waals surface area (Å²) in [5, 5.41) is 3.39. The van der Waals surface area contributed by atoms with Crippen LogP contribution in [0.15, 0.2) is 22.7 Å². The highest BCUT2D eigenvalue weighted by atomic mass is 79.9. The molecule has 5 heteroatoms. The monoisotopic (exact) mass is 305 g/mol. The van der Waals surface area contributed by atoms with Gasteiger partial charge in [0, 0.05) is 12.6 Å². The quantitative estimate of drug-likeness (QED) is 0.870. The average Bonchev–Trinajstić information content (AvgIpc) is 3.08. The molecule has 0 saturated heterocycles. The minimum Gasteiger partial charge on any atom is -0.486 e. The van der Waals surface area contributed by atoms with Crippen molar-refractivity contribution in [3.05, 3.63) is 28.2 Å². The lowest BCUT2D eigenvalue weighted by molar-refractivity contribution is 0.0815. The van der Waals surface area contributed by atoms with Gasteiger partial charge in [0.2, 0.25) is 0 Å². The Hall–Kier alpha value is -0.680. The van der Waals surface area contributed by atoms with Crippen molar-refractivity contribution < 1.29 is 13.5 Å². The first-order chi connectivity index (χ1) is 8.15. The van der Waals surface area contributed by atoms with Gasteiger partial charge in [-0.15, -0.1) is 0 Å². The maximum absolute atomic E-state index is 12.0. The van der Waals surface area contributed by atoms with E-state index in [9.17, 15) is 8.78 Å². The molecule has 94 valence electrons. The molecule has 1 aromatic carbocycles. The van der Waals surface area contributed by atoms with E-state index in [-0.39, 0.29) is 0 Å². The summed E-state index contributed by atoms with van der Waals surface area (Å²) >= 11 is 3.32. The number of rotatable bonds is 6. The van der Waals surface area contributed by atoms with E-state index in [1.807, 2.05) is 12.1 Å². The highest BCUT2D eigenvalue weighted by Crippen LogP contribution is 2.27. The summed E-state index contributed by atoms with van der Waals surface area (Å²) in [6, 6.07) is 6.16. The van der Waals surface area contributed by atoms with E-state index in [1.165, 1.54) is 12.8 Å². The van der Waals surface area contributed by atoms with Gasteiger partial charge in [-0.2, -0.15) is 0 Å². The Morgan fingerprint density at radius 1 is 1.41 bits per heavy atom. The maximum atomic E-state index is 12.0. The molecule has 1 N–H and O–H groups in total. The molecule has 0 heterocycles. The standard InChI is InChI=1S/C12H14BrF2NO/c13-10-5-8(6-16-9-2-3-9)1-4-11(10)17-7-12(14)15/h1,4-5,9,12,16H,2-3,6-7H2. The topological polar surface area (TPSA) is 21.3 Å². The van der Waals surface area contributed by atoms with Gasteiger partial charge in [-0.1, -0.05) is 6.07 Å². The molecule has 1 saturated carbocycles. The highest BCUT2D eigenvalue weighted by molar-refractivity contribution is 9.10. The number of benzene rings is 1. The molecule has 1 aliphatic carbocycles. The minimum absolute atomic E-state index is 0.459. The van der Waals surface area contributed by atoms with Crippen LogP contribution in [0, 0.1) is 0 Å². The van der Waals surface area contributed by atoms with Gasteiger partial charge in [0.25, 0.3) is 6.43 Å². The van der Waals surface area contributed by atoms with Crippen molar-refractivity contribution in [1.82, 2.24) is 5.32 Å². The average molecular weight is 306 g/mol. The molecule has 1 aliphatic rings. The molecule has 0 spiro atoms. The normalized spacial score (nSPS) is 15.3. The third kappa shape index (κ3) is 4.24. The third-order valence-electron chi connectivity index (χ3n) is 2.53. The first kappa shape index (κ1) is 12.8. The smallest absolute Gasteiger partial charge is 0.272 e. The van der Waals surface area contributed by atoms with E-state index in [0.717, 1.165) is 12.1 Å². The van der Waals surface area contributed by atoms with Crippen LogP contribution in [0.1, 0.15) is 18.4 Å². The Morgan fingerprint density at radius 2 is 2.18 bits per heavy atom. The van der Waals surface area contributed by atoms with Gasteiger partial charge < -0.3 is 10.1 Å². The first-order valence-corrected chi connectivity index (χ1v) is 6.37. The van der Waals surface area contributed by atoms with Crippen molar-refractivity contribution in [1.29, 1.82) is 0 Å². The summed E-state index contributed by atoms with van der Waals surface area (Å²) in [5.74, 6) is 0.459. The van der Waals surface area contributed by atoms with E-state index in [4.69, 9.17) is 4.74 Å². The van der Waals surface area contributed by atoms with E-state index in [2.05, 4.69) is 21.2 Å². The lowest BCUT2D eigenvalue weighted by Gasteiger charge is -2.09. The fourth-order valence-corrected chi connectivity index (χ4v) is 2.01. The zero-order valence-electron chi connectivity index (χ0n) is 9.26. The van der Waals surface area contributed by atoms with Gasteiger partial charge in [-0.05, 0) is 46.5 Å². The van der Waals surface area contributed by atoms with Crippen LogP contribution in [0.4, 0.5) is 8.78 Å². The molecule has 0 amide bonds. The van der Waals surface area contributed by atoms with Gasteiger partial charge >= 0.3 is 0 Å². The van der Waals surface area contributed by atoms with E-state index < -0.39 is 13.0 Å². The lowest BCUT2D eigenvalue weighted by Crippen LogP contribution is -2.15. The molecule has 0 radical (unpaired) electrons. The zero-order chi connectivity index (χ0) is 12.3. The number of nitrogens with one attached hydrogen (secondary N) is 1. The molecule has 0 aromatic heterocycles. The second-order valence-electron chi connectivity index (χ2n) is 4.12. The Balaban J connectivity index is 1.90. The van der Waals surface area contributed by atoms with Gasteiger partial charge in [-0.3, -0.25) is 0 Å². The zero-order valence-corrected chi connectivity index (χ0v) is 10.8. The Labute approximate surface area is 107 Å². The molecule has 1 fully saturated rings. The number of alkyl halides is 2. The maximum Gasteiger partial charge on any atom is 0.272 e. The molecule has 17 heavy (non-hydrogen) atoms. The second-order valence-corrected chi connectivity index (χ2v) is 4.98. The van der Waals surface area contributed by atoms with Crippen LogP contribution in [0.25, 0.3) is 0 Å². The van der Waals surface area contributed by atoms with Crippen molar-refractivity contribution in [3.63, 3.8) is 0 Å². The molecule has 0 bridgehead atoms. The number of hydrogen-bond donors (Lipinski definition) is 1. The summed E-state index contributed by atoms with van der Waals surface area (Å²) in [5.41, 5.74) is 1.12. The predicted molar refractivity (Wildman–Crippen MR) is 65.5 cm³/mol. The molecule has 0 atom stereocenters. The summed E-state index contributed by atoms with van der Waals surface area (Å²) in [6.07, 6.45) is 0.0474. The molecule has 0 aliphatic heterocycles. The summed E-state index contributed by atoms with van der Waals surface area (Å²) in [7, 11) is 0. The Bertz CT molecular complexity index is 383. The molecule has 2 nitrogen and oxygen atoms in total. The van der Waals surface area contributed by atoms with Crippen LogP contribution in [-0.4, -0.2) is 19.1 Å². The summed E-state index contributed by atoms with van der Waals surface area (Å²) in [6.45, 7) is 0.233. The largest absolute Gasteiger partial charge is 0.486 e. The molecular formula is C12H14BrF2NO. The van der Waals surface area contributed by atoms with Crippen molar-refractivity contribution in [3.8, 4) is 5.75 Å². The SMILES string of the molecule is FC(F)COc1ccc(CNC2CC2)cc1Br. The number of ether oxygens (including phenoxy) is 1. The van der Waals surface area contributed by atoms with Gasteiger partial charge in [0.15, 0.2) is 0 Å². The number of halogens is 3. The van der Waals surface area contributed by atoms with Gasteiger partial charge in [0.05, 0.1) is 4.47 Å². The van der Waals surface area contributed by atoms with Crippen LogP contribution in [-0.2, 0) is 6.54 Å². The fraction of sp³-hybridized carbons (Fsp3) is 0.500. The fourth-order valence-electron chi connectivity index (χ4n) is 1.47. The van der Waals surface area contributed by atoms with E-state index in [1.54, 1.807) is 6.07 Å². The van der Waals surface area contributed by atoms with E-state index in [0.29, 0.717) is 16.3 Å². The Morgan fingerprint density at radius 3 is 2.76 bits per heavy atom. The van der Waals surface area contributed by atoms with Crippen LogP contribution in [0.2, 0.25) is 0 Å². The highest BCUT2D eigenvalue weighted by Gasteiger charge is 2.20. The van der Waals surface area contributed by atoms with Crippen LogP contribution < -0.4 is 10.1 Å². The first-order valence-electron chi connectivity index (χ1n) is 5.58. The predicted octanol–water partition coefficient (Wildman–Crippen LogP) is 3.35.